The third-order valence-corrected chi connectivity index (χ3v) is 4.49. The van der Waals surface area contributed by atoms with Crippen molar-refractivity contribution in [3.05, 3.63) is 33.8 Å². The predicted molar refractivity (Wildman–Crippen MR) is 78.4 cm³/mol. The molecule has 0 spiro atoms. The average molecular weight is 287 g/mol. The normalized spacial score (nSPS) is 18.5. The zero-order chi connectivity index (χ0) is 13.1. The summed E-state index contributed by atoms with van der Waals surface area (Å²) in [7, 11) is 4.34. The van der Waals surface area contributed by atoms with Crippen molar-refractivity contribution < 1.29 is 0 Å². The summed E-state index contributed by atoms with van der Waals surface area (Å²) in [6.45, 7) is 3.17. The van der Waals surface area contributed by atoms with Gasteiger partial charge in [0.15, 0.2) is 0 Å². The van der Waals surface area contributed by atoms with E-state index in [9.17, 15) is 0 Å². The van der Waals surface area contributed by atoms with Crippen LogP contribution in [0.3, 0.4) is 0 Å². The van der Waals surface area contributed by atoms with E-state index in [1.807, 2.05) is 18.2 Å². The standard InChI is InChI=1S/C14H20Cl2N2/c1-17-8-6-11(7-9-17)18(2)10-12-13(15)4-3-5-14(12)16/h3-5,11H,6-10H2,1-2H3. The summed E-state index contributed by atoms with van der Waals surface area (Å²) in [5, 5.41) is 1.53. The molecular formula is C14H20Cl2N2. The van der Waals surface area contributed by atoms with Crippen LogP contribution in [0.5, 0.6) is 0 Å². The number of hydrogen-bond acceptors (Lipinski definition) is 2. The van der Waals surface area contributed by atoms with E-state index in [0.717, 1.165) is 22.2 Å². The van der Waals surface area contributed by atoms with E-state index >= 15 is 0 Å². The maximum Gasteiger partial charge on any atom is 0.0465 e. The van der Waals surface area contributed by atoms with Crippen LogP contribution in [0.4, 0.5) is 0 Å². The summed E-state index contributed by atoms with van der Waals surface area (Å²) in [6.07, 6.45) is 2.43. The highest BCUT2D eigenvalue weighted by molar-refractivity contribution is 6.35. The molecule has 4 heteroatoms. The van der Waals surface area contributed by atoms with Gasteiger partial charge >= 0.3 is 0 Å². The number of nitrogens with zero attached hydrogens (tertiary/aromatic N) is 2. The summed E-state index contributed by atoms with van der Waals surface area (Å²) in [5.74, 6) is 0. The minimum atomic E-state index is 0.633. The Hall–Kier alpha value is -0.280. The van der Waals surface area contributed by atoms with E-state index in [4.69, 9.17) is 23.2 Å². The summed E-state index contributed by atoms with van der Waals surface area (Å²) in [5.41, 5.74) is 1.04. The van der Waals surface area contributed by atoms with E-state index in [-0.39, 0.29) is 0 Å². The number of hydrogen-bond donors (Lipinski definition) is 0. The van der Waals surface area contributed by atoms with Crippen molar-refractivity contribution in [3.63, 3.8) is 0 Å². The van der Waals surface area contributed by atoms with Crippen molar-refractivity contribution in [2.24, 2.45) is 0 Å². The molecule has 1 aliphatic rings. The van der Waals surface area contributed by atoms with Crippen LogP contribution in [0.25, 0.3) is 0 Å². The number of rotatable bonds is 3. The third kappa shape index (κ3) is 3.39. The summed E-state index contributed by atoms with van der Waals surface area (Å²) in [6, 6.07) is 6.34. The summed E-state index contributed by atoms with van der Waals surface area (Å²) < 4.78 is 0. The van der Waals surface area contributed by atoms with Crippen LogP contribution in [0.15, 0.2) is 18.2 Å². The molecule has 0 unspecified atom stereocenters. The van der Waals surface area contributed by atoms with Crippen molar-refractivity contribution >= 4 is 23.2 Å². The van der Waals surface area contributed by atoms with Gasteiger partial charge in [0.05, 0.1) is 0 Å². The van der Waals surface area contributed by atoms with Gasteiger partial charge in [-0.1, -0.05) is 29.3 Å². The molecule has 18 heavy (non-hydrogen) atoms. The maximum absolute atomic E-state index is 6.22. The number of likely N-dealkylation sites (tertiary alicyclic amines) is 1. The van der Waals surface area contributed by atoms with Crippen LogP contribution in [0, 0.1) is 0 Å². The van der Waals surface area contributed by atoms with Crippen LogP contribution in [0.1, 0.15) is 18.4 Å². The molecule has 0 bridgehead atoms. The smallest absolute Gasteiger partial charge is 0.0465 e. The molecule has 0 aliphatic carbocycles. The van der Waals surface area contributed by atoms with E-state index in [1.165, 1.54) is 25.9 Å². The predicted octanol–water partition coefficient (Wildman–Crippen LogP) is 3.52. The maximum atomic E-state index is 6.22. The quantitative estimate of drug-likeness (QED) is 0.839. The van der Waals surface area contributed by atoms with Gasteiger partial charge in [0.2, 0.25) is 0 Å². The molecular weight excluding hydrogens is 267 g/mol. The van der Waals surface area contributed by atoms with Crippen LogP contribution in [-0.2, 0) is 6.54 Å². The number of benzene rings is 1. The average Bonchev–Trinajstić information content (AvgIpc) is 2.34. The van der Waals surface area contributed by atoms with Crippen molar-refractivity contribution in [3.8, 4) is 0 Å². The van der Waals surface area contributed by atoms with Gasteiger partial charge in [0.1, 0.15) is 0 Å². The summed E-state index contributed by atoms with van der Waals surface area (Å²) >= 11 is 12.4. The van der Waals surface area contributed by atoms with Gasteiger partial charge in [-0.2, -0.15) is 0 Å². The first-order chi connectivity index (χ1) is 8.58. The van der Waals surface area contributed by atoms with Gasteiger partial charge < -0.3 is 4.90 Å². The lowest BCUT2D eigenvalue weighted by Crippen LogP contribution is -2.41. The van der Waals surface area contributed by atoms with Crippen molar-refractivity contribution in [1.29, 1.82) is 0 Å². The lowest BCUT2D eigenvalue weighted by Gasteiger charge is -2.35. The molecule has 1 heterocycles. The molecule has 1 aromatic rings. The Kier molecular flexibility index (Phi) is 4.91. The number of halogens is 2. The minimum absolute atomic E-state index is 0.633. The molecule has 1 aromatic carbocycles. The molecule has 0 N–H and O–H groups in total. The molecule has 1 fully saturated rings. The van der Waals surface area contributed by atoms with Crippen LogP contribution < -0.4 is 0 Å². The van der Waals surface area contributed by atoms with Crippen LogP contribution in [0.2, 0.25) is 10.0 Å². The molecule has 0 amide bonds. The SMILES string of the molecule is CN1CCC(N(C)Cc2c(Cl)cccc2Cl)CC1. The number of piperidine rings is 1. The highest BCUT2D eigenvalue weighted by atomic mass is 35.5. The van der Waals surface area contributed by atoms with Crippen molar-refractivity contribution in [1.82, 2.24) is 9.80 Å². The molecule has 0 atom stereocenters. The highest BCUT2D eigenvalue weighted by Gasteiger charge is 2.21. The second kappa shape index (κ2) is 6.25. The molecule has 0 saturated carbocycles. The van der Waals surface area contributed by atoms with Crippen molar-refractivity contribution in [2.45, 2.75) is 25.4 Å². The summed E-state index contributed by atoms with van der Waals surface area (Å²) in [4.78, 5) is 4.76. The first-order valence-corrected chi connectivity index (χ1v) is 7.15. The Morgan fingerprint density at radius 1 is 1.22 bits per heavy atom. The zero-order valence-corrected chi connectivity index (χ0v) is 12.5. The van der Waals surface area contributed by atoms with Crippen molar-refractivity contribution in [2.75, 3.05) is 27.2 Å². The van der Waals surface area contributed by atoms with Gasteiger partial charge in [0, 0.05) is 28.2 Å². The Bertz CT molecular complexity index is 381. The Labute approximate surface area is 119 Å². The fourth-order valence-corrected chi connectivity index (χ4v) is 3.01. The Morgan fingerprint density at radius 3 is 2.33 bits per heavy atom. The molecule has 1 aliphatic heterocycles. The molecule has 2 rings (SSSR count). The van der Waals surface area contributed by atoms with Gasteiger partial charge in [-0.3, -0.25) is 4.90 Å². The first kappa shape index (κ1) is 14.1. The first-order valence-electron chi connectivity index (χ1n) is 6.39. The molecule has 0 aromatic heterocycles. The van der Waals surface area contributed by atoms with Gasteiger partial charge in [-0.15, -0.1) is 0 Å². The van der Waals surface area contributed by atoms with Crippen LogP contribution in [-0.4, -0.2) is 43.0 Å². The minimum Gasteiger partial charge on any atom is -0.306 e. The topological polar surface area (TPSA) is 6.48 Å². The molecule has 0 radical (unpaired) electrons. The highest BCUT2D eigenvalue weighted by Crippen LogP contribution is 2.27. The zero-order valence-electron chi connectivity index (χ0n) is 11.0. The Morgan fingerprint density at radius 2 is 1.78 bits per heavy atom. The van der Waals surface area contributed by atoms with Gasteiger partial charge in [-0.05, 0) is 52.2 Å². The second-order valence-electron chi connectivity index (χ2n) is 5.15. The largest absolute Gasteiger partial charge is 0.306 e. The molecule has 1 saturated heterocycles. The third-order valence-electron chi connectivity index (χ3n) is 3.78. The molecule has 100 valence electrons. The lowest BCUT2D eigenvalue weighted by molar-refractivity contribution is 0.139. The van der Waals surface area contributed by atoms with Crippen LogP contribution >= 0.6 is 23.2 Å². The Balaban J connectivity index is 2.00. The van der Waals surface area contributed by atoms with E-state index in [1.54, 1.807) is 0 Å². The van der Waals surface area contributed by atoms with Gasteiger partial charge in [0.25, 0.3) is 0 Å². The lowest BCUT2D eigenvalue weighted by atomic mass is 10.0. The molecule has 2 nitrogen and oxygen atoms in total. The van der Waals surface area contributed by atoms with Gasteiger partial charge in [-0.25, -0.2) is 0 Å². The second-order valence-corrected chi connectivity index (χ2v) is 5.96. The fraction of sp³-hybridized carbons (Fsp3) is 0.571. The van der Waals surface area contributed by atoms with E-state index < -0.39 is 0 Å². The van der Waals surface area contributed by atoms with E-state index in [0.29, 0.717) is 6.04 Å². The fourth-order valence-electron chi connectivity index (χ4n) is 2.50. The van der Waals surface area contributed by atoms with E-state index in [2.05, 4.69) is 23.9 Å². The monoisotopic (exact) mass is 286 g/mol.